The van der Waals surface area contributed by atoms with Crippen molar-refractivity contribution in [3.8, 4) is 0 Å². The van der Waals surface area contributed by atoms with Gasteiger partial charge < -0.3 is 13.9 Å². The topological polar surface area (TPSA) is 27.7 Å². The SMILES string of the molecule is C=Cc1cccc(CCCO[Si]C(C)(OCC)OCC)c1. The largest absolute Gasteiger partial charge is 0.412 e. The minimum absolute atomic E-state index is 0.195. The van der Waals surface area contributed by atoms with Crippen molar-refractivity contribution in [1.29, 1.82) is 0 Å². The third-order valence-corrected chi connectivity index (χ3v) is 4.00. The molecule has 3 nitrogen and oxygen atoms in total. The van der Waals surface area contributed by atoms with E-state index >= 15 is 0 Å². The molecule has 0 aliphatic rings. The summed E-state index contributed by atoms with van der Waals surface area (Å²) < 4.78 is 17.0. The maximum Gasteiger partial charge on any atom is 0.304 e. The maximum absolute atomic E-state index is 5.74. The van der Waals surface area contributed by atoms with E-state index in [-0.39, 0.29) is 9.76 Å². The standard InChI is InChI=1S/C17H26O3Si/c1-5-15-10-8-11-16(14-15)12-9-13-20-21-17(4,18-6-2)19-7-3/h5,8,10-11,14H,1,6-7,9,12-13H2,2-4H3. The van der Waals surface area contributed by atoms with Crippen LogP contribution in [0.1, 0.15) is 38.3 Å². The summed E-state index contributed by atoms with van der Waals surface area (Å²) in [6, 6.07) is 8.43. The van der Waals surface area contributed by atoms with Crippen molar-refractivity contribution in [1.82, 2.24) is 0 Å². The van der Waals surface area contributed by atoms with Crippen LogP contribution in [0, 0.1) is 0 Å². The van der Waals surface area contributed by atoms with Gasteiger partial charge in [0.25, 0.3) is 0 Å². The van der Waals surface area contributed by atoms with E-state index in [1.165, 1.54) is 5.56 Å². The molecule has 2 radical (unpaired) electrons. The van der Waals surface area contributed by atoms with Gasteiger partial charge in [0, 0.05) is 19.8 Å². The molecule has 0 spiro atoms. The Hall–Kier alpha value is -0.943. The molecular formula is C17H26O3Si. The summed E-state index contributed by atoms with van der Waals surface area (Å²) in [6.45, 7) is 11.6. The van der Waals surface area contributed by atoms with Gasteiger partial charge in [-0.1, -0.05) is 36.9 Å². The second-order valence-electron chi connectivity index (χ2n) is 4.81. The minimum Gasteiger partial charge on any atom is -0.412 e. The van der Waals surface area contributed by atoms with Crippen molar-refractivity contribution in [2.45, 2.75) is 39.0 Å². The molecule has 0 aromatic heterocycles. The highest BCUT2D eigenvalue weighted by Crippen LogP contribution is 2.12. The van der Waals surface area contributed by atoms with Gasteiger partial charge in [0.1, 0.15) is 0 Å². The first-order chi connectivity index (χ1) is 10.1. The smallest absolute Gasteiger partial charge is 0.304 e. The van der Waals surface area contributed by atoms with E-state index in [4.69, 9.17) is 13.9 Å². The predicted molar refractivity (Wildman–Crippen MR) is 88.2 cm³/mol. The molecule has 21 heavy (non-hydrogen) atoms. The van der Waals surface area contributed by atoms with E-state index in [1.807, 2.05) is 26.8 Å². The molecule has 0 heterocycles. The summed E-state index contributed by atoms with van der Waals surface area (Å²) in [5, 5.41) is 0. The summed E-state index contributed by atoms with van der Waals surface area (Å²) in [7, 11) is 0.195. The molecule has 1 aromatic carbocycles. The van der Waals surface area contributed by atoms with Crippen molar-refractivity contribution in [2.24, 2.45) is 0 Å². The van der Waals surface area contributed by atoms with E-state index in [9.17, 15) is 0 Å². The Balaban J connectivity index is 2.28. The lowest BCUT2D eigenvalue weighted by molar-refractivity contribution is -0.169. The second kappa shape index (κ2) is 9.90. The van der Waals surface area contributed by atoms with E-state index in [2.05, 4.69) is 30.8 Å². The van der Waals surface area contributed by atoms with Crippen LogP contribution in [0.5, 0.6) is 0 Å². The van der Waals surface area contributed by atoms with Crippen LogP contribution in [0.2, 0.25) is 0 Å². The highest BCUT2D eigenvalue weighted by Gasteiger charge is 2.27. The van der Waals surface area contributed by atoms with Crippen LogP contribution in [-0.4, -0.2) is 35.0 Å². The number of hydrogen-bond acceptors (Lipinski definition) is 3. The molecule has 116 valence electrons. The lowest BCUT2D eigenvalue weighted by Gasteiger charge is -2.27. The number of ether oxygens (including phenoxy) is 2. The van der Waals surface area contributed by atoms with Gasteiger partial charge in [-0.25, -0.2) is 0 Å². The zero-order valence-corrected chi connectivity index (χ0v) is 14.4. The van der Waals surface area contributed by atoms with Crippen molar-refractivity contribution in [3.05, 3.63) is 42.0 Å². The fraction of sp³-hybridized carbons (Fsp3) is 0.529. The molecule has 0 fully saturated rings. The van der Waals surface area contributed by atoms with Gasteiger partial charge in [-0.2, -0.15) is 0 Å². The van der Waals surface area contributed by atoms with Crippen LogP contribution in [0.25, 0.3) is 6.08 Å². The van der Waals surface area contributed by atoms with E-state index < -0.39 is 5.41 Å². The summed E-state index contributed by atoms with van der Waals surface area (Å²) >= 11 is 0. The van der Waals surface area contributed by atoms with Crippen molar-refractivity contribution in [2.75, 3.05) is 19.8 Å². The predicted octanol–water partition coefficient (Wildman–Crippen LogP) is 3.64. The zero-order valence-electron chi connectivity index (χ0n) is 13.4. The van der Waals surface area contributed by atoms with Crippen LogP contribution in [-0.2, 0) is 20.3 Å². The Morgan fingerprint density at radius 2 is 1.95 bits per heavy atom. The van der Waals surface area contributed by atoms with Crippen LogP contribution in [0.15, 0.2) is 30.8 Å². The molecule has 4 heteroatoms. The first kappa shape index (κ1) is 18.1. The normalized spacial score (nSPS) is 11.6. The minimum atomic E-state index is -0.605. The number of hydrogen-bond donors (Lipinski definition) is 0. The van der Waals surface area contributed by atoms with Gasteiger partial charge in [0.15, 0.2) is 5.41 Å². The highest BCUT2D eigenvalue weighted by molar-refractivity contribution is 6.30. The average Bonchev–Trinajstić information content (AvgIpc) is 2.47. The quantitative estimate of drug-likeness (QED) is 0.355. The lowest BCUT2D eigenvalue weighted by atomic mass is 10.1. The number of aryl methyl sites for hydroxylation is 1. The third kappa shape index (κ3) is 7.04. The molecule has 0 saturated heterocycles. The third-order valence-electron chi connectivity index (χ3n) is 3.00. The van der Waals surface area contributed by atoms with Crippen LogP contribution >= 0.6 is 0 Å². The first-order valence-corrected chi connectivity index (χ1v) is 8.42. The van der Waals surface area contributed by atoms with Gasteiger partial charge >= 0.3 is 9.76 Å². The molecular weight excluding hydrogens is 280 g/mol. The molecule has 0 saturated carbocycles. The van der Waals surface area contributed by atoms with Gasteiger partial charge in [0.05, 0.1) is 0 Å². The molecule has 1 rings (SSSR count). The molecule has 1 aromatic rings. The first-order valence-electron chi connectivity index (χ1n) is 7.51. The second-order valence-corrected chi connectivity index (χ2v) is 6.22. The van der Waals surface area contributed by atoms with Gasteiger partial charge in [-0.15, -0.1) is 0 Å². The number of benzene rings is 1. The van der Waals surface area contributed by atoms with Crippen LogP contribution in [0.4, 0.5) is 0 Å². The molecule has 0 atom stereocenters. The van der Waals surface area contributed by atoms with Crippen molar-refractivity contribution in [3.63, 3.8) is 0 Å². The zero-order chi connectivity index (χ0) is 15.6. The Bertz CT molecular complexity index is 414. The lowest BCUT2D eigenvalue weighted by Crippen LogP contribution is -2.40. The fourth-order valence-electron chi connectivity index (χ4n) is 2.06. The van der Waals surface area contributed by atoms with E-state index in [0.29, 0.717) is 19.8 Å². The Morgan fingerprint density at radius 1 is 1.24 bits per heavy atom. The van der Waals surface area contributed by atoms with Gasteiger partial charge in [-0.3, -0.25) is 0 Å². The van der Waals surface area contributed by atoms with E-state index in [0.717, 1.165) is 18.4 Å². The van der Waals surface area contributed by atoms with Crippen molar-refractivity contribution < 1.29 is 13.9 Å². The highest BCUT2D eigenvalue weighted by atomic mass is 28.2. The average molecular weight is 306 g/mol. The Morgan fingerprint density at radius 3 is 2.57 bits per heavy atom. The maximum atomic E-state index is 5.74. The monoisotopic (exact) mass is 306 g/mol. The van der Waals surface area contributed by atoms with Crippen LogP contribution in [0.3, 0.4) is 0 Å². The van der Waals surface area contributed by atoms with Crippen molar-refractivity contribution >= 4 is 15.8 Å². The van der Waals surface area contributed by atoms with Gasteiger partial charge in [-0.05, 0) is 44.7 Å². The van der Waals surface area contributed by atoms with E-state index in [1.54, 1.807) is 0 Å². The molecule has 0 aliphatic carbocycles. The molecule has 0 unspecified atom stereocenters. The van der Waals surface area contributed by atoms with Gasteiger partial charge in [0.2, 0.25) is 0 Å². The molecule has 0 aliphatic heterocycles. The van der Waals surface area contributed by atoms with Crippen LogP contribution < -0.4 is 0 Å². The molecule has 0 amide bonds. The summed E-state index contributed by atoms with van der Waals surface area (Å²) in [6.07, 6.45) is 3.87. The molecule has 0 bridgehead atoms. The summed E-state index contributed by atoms with van der Waals surface area (Å²) in [5.74, 6) is 0. The Labute approximate surface area is 131 Å². The fourth-order valence-corrected chi connectivity index (χ4v) is 2.97. The summed E-state index contributed by atoms with van der Waals surface area (Å²) in [4.78, 5) is 0. The number of rotatable bonds is 11. The summed E-state index contributed by atoms with van der Waals surface area (Å²) in [5.41, 5.74) is 1.87. The molecule has 0 N–H and O–H groups in total. The Kier molecular flexibility index (Phi) is 8.53.